The number of halogens is 1. The molecule has 0 saturated heterocycles. The molecule has 2 rings (SSSR count). The van der Waals surface area contributed by atoms with Gasteiger partial charge >= 0.3 is 0 Å². The molecule has 2 aromatic rings. The quantitative estimate of drug-likeness (QED) is 0.806. The van der Waals surface area contributed by atoms with Crippen molar-refractivity contribution < 1.29 is 4.39 Å². The maximum Gasteiger partial charge on any atom is 0.125 e. The van der Waals surface area contributed by atoms with Crippen molar-refractivity contribution in [2.24, 2.45) is 0 Å². The summed E-state index contributed by atoms with van der Waals surface area (Å²) in [4.78, 5) is 0. The zero-order valence-electron chi connectivity index (χ0n) is 9.15. The number of nitrogens with two attached hydrogens (primary N) is 1. The molecule has 0 spiro atoms. The normalized spacial score (nSPS) is 10.6. The highest BCUT2D eigenvalue weighted by Gasteiger charge is 2.08. The molecule has 2 N–H and O–H groups in total. The second kappa shape index (κ2) is 4.35. The van der Waals surface area contributed by atoms with Crippen LogP contribution in [0.4, 0.5) is 10.1 Å². The van der Waals surface area contributed by atoms with Crippen LogP contribution < -0.4 is 5.73 Å². The SMILES string of the molecule is CCCn1nccc1-c1ccc(F)cc1N. The fourth-order valence-electron chi connectivity index (χ4n) is 1.72. The molecule has 16 heavy (non-hydrogen) atoms. The van der Waals surface area contributed by atoms with Gasteiger partial charge in [0.2, 0.25) is 0 Å². The molecule has 0 radical (unpaired) electrons. The van der Waals surface area contributed by atoms with Gasteiger partial charge in [-0.15, -0.1) is 0 Å². The van der Waals surface area contributed by atoms with Crippen LogP contribution in [0, 0.1) is 5.82 Å². The molecule has 0 aliphatic heterocycles. The Morgan fingerprint density at radius 1 is 1.38 bits per heavy atom. The van der Waals surface area contributed by atoms with E-state index in [1.165, 1.54) is 12.1 Å². The largest absolute Gasteiger partial charge is 0.398 e. The van der Waals surface area contributed by atoms with Gasteiger partial charge in [-0.2, -0.15) is 5.10 Å². The number of benzene rings is 1. The summed E-state index contributed by atoms with van der Waals surface area (Å²) in [5.41, 5.74) is 8.00. The van der Waals surface area contributed by atoms with Crippen LogP contribution in [-0.2, 0) is 6.54 Å². The monoisotopic (exact) mass is 219 g/mol. The predicted molar refractivity (Wildman–Crippen MR) is 62.3 cm³/mol. The predicted octanol–water partition coefficient (Wildman–Crippen LogP) is 2.68. The number of aryl methyl sites for hydroxylation is 1. The van der Waals surface area contributed by atoms with E-state index in [-0.39, 0.29) is 5.82 Å². The van der Waals surface area contributed by atoms with Gasteiger partial charge in [-0.05, 0) is 30.7 Å². The van der Waals surface area contributed by atoms with Crippen molar-refractivity contribution in [1.82, 2.24) is 9.78 Å². The molecule has 0 amide bonds. The maximum absolute atomic E-state index is 12.9. The molecule has 3 nitrogen and oxygen atoms in total. The Morgan fingerprint density at radius 3 is 2.88 bits per heavy atom. The van der Waals surface area contributed by atoms with Crippen LogP contribution in [0.2, 0.25) is 0 Å². The number of aromatic nitrogens is 2. The molecule has 0 saturated carbocycles. The van der Waals surface area contributed by atoms with Crippen molar-refractivity contribution >= 4 is 5.69 Å². The average Bonchev–Trinajstić information content (AvgIpc) is 2.67. The first-order chi connectivity index (χ1) is 7.72. The third-order valence-corrected chi connectivity index (χ3v) is 2.44. The third kappa shape index (κ3) is 1.91. The summed E-state index contributed by atoms with van der Waals surface area (Å²) >= 11 is 0. The van der Waals surface area contributed by atoms with Crippen molar-refractivity contribution in [2.45, 2.75) is 19.9 Å². The number of nitrogen functional groups attached to an aromatic ring is 1. The van der Waals surface area contributed by atoms with Crippen LogP contribution in [0.1, 0.15) is 13.3 Å². The van der Waals surface area contributed by atoms with Crippen LogP contribution in [-0.4, -0.2) is 9.78 Å². The lowest BCUT2D eigenvalue weighted by Crippen LogP contribution is -2.02. The van der Waals surface area contributed by atoms with Gasteiger partial charge in [-0.25, -0.2) is 4.39 Å². The summed E-state index contributed by atoms with van der Waals surface area (Å²) in [5, 5.41) is 4.21. The van der Waals surface area contributed by atoms with Gasteiger partial charge in [0.05, 0.1) is 5.69 Å². The first-order valence-corrected chi connectivity index (χ1v) is 5.29. The summed E-state index contributed by atoms with van der Waals surface area (Å²) in [6.45, 7) is 2.92. The van der Waals surface area contributed by atoms with Crippen LogP contribution in [0.5, 0.6) is 0 Å². The van der Waals surface area contributed by atoms with Crippen molar-refractivity contribution in [3.05, 3.63) is 36.3 Å². The summed E-state index contributed by atoms with van der Waals surface area (Å²) in [7, 11) is 0. The first-order valence-electron chi connectivity index (χ1n) is 5.29. The van der Waals surface area contributed by atoms with E-state index in [4.69, 9.17) is 5.73 Å². The minimum Gasteiger partial charge on any atom is -0.398 e. The molecule has 0 fully saturated rings. The molecule has 1 heterocycles. The Labute approximate surface area is 93.7 Å². The summed E-state index contributed by atoms with van der Waals surface area (Å²) < 4.78 is 14.8. The van der Waals surface area contributed by atoms with Gasteiger partial charge in [-0.3, -0.25) is 4.68 Å². The number of rotatable bonds is 3. The minimum absolute atomic E-state index is 0.317. The van der Waals surface area contributed by atoms with Gasteiger partial charge in [0.15, 0.2) is 0 Å². The Balaban J connectivity index is 2.46. The van der Waals surface area contributed by atoms with E-state index in [2.05, 4.69) is 12.0 Å². The third-order valence-electron chi connectivity index (χ3n) is 2.44. The smallest absolute Gasteiger partial charge is 0.125 e. The Kier molecular flexibility index (Phi) is 2.90. The zero-order valence-corrected chi connectivity index (χ0v) is 9.15. The number of hydrogen-bond acceptors (Lipinski definition) is 2. The lowest BCUT2D eigenvalue weighted by molar-refractivity contribution is 0.608. The summed E-state index contributed by atoms with van der Waals surface area (Å²) in [6.07, 6.45) is 2.73. The molecule has 1 aromatic heterocycles. The maximum atomic E-state index is 12.9. The first kappa shape index (κ1) is 10.7. The fraction of sp³-hybridized carbons (Fsp3) is 0.250. The minimum atomic E-state index is -0.317. The topological polar surface area (TPSA) is 43.8 Å². The number of hydrogen-bond donors (Lipinski definition) is 1. The number of nitrogens with zero attached hydrogens (tertiary/aromatic N) is 2. The molecule has 0 aliphatic rings. The molecule has 84 valence electrons. The van der Waals surface area contributed by atoms with Crippen molar-refractivity contribution in [1.29, 1.82) is 0 Å². The average molecular weight is 219 g/mol. The highest BCUT2D eigenvalue weighted by molar-refractivity contribution is 5.73. The van der Waals surface area contributed by atoms with E-state index in [1.54, 1.807) is 12.3 Å². The van der Waals surface area contributed by atoms with E-state index in [0.29, 0.717) is 5.69 Å². The Bertz CT molecular complexity index is 491. The van der Waals surface area contributed by atoms with Crippen LogP contribution in [0.25, 0.3) is 11.3 Å². The van der Waals surface area contributed by atoms with Gasteiger partial charge < -0.3 is 5.73 Å². The van der Waals surface area contributed by atoms with Crippen LogP contribution in [0.3, 0.4) is 0 Å². The van der Waals surface area contributed by atoms with Crippen LogP contribution in [0.15, 0.2) is 30.5 Å². The lowest BCUT2D eigenvalue weighted by atomic mass is 10.1. The zero-order chi connectivity index (χ0) is 11.5. The van der Waals surface area contributed by atoms with Gasteiger partial charge in [0, 0.05) is 24.0 Å². The Morgan fingerprint density at radius 2 is 2.19 bits per heavy atom. The molecule has 0 atom stereocenters. The fourth-order valence-corrected chi connectivity index (χ4v) is 1.72. The van der Waals surface area contributed by atoms with E-state index in [1.807, 2.05) is 10.7 Å². The Hall–Kier alpha value is -1.84. The molecular formula is C12H14FN3. The lowest BCUT2D eigenvalue weighted by Gasteiger charge is -2.08. The van der Waals surface area contributed by atoms with E-state index < -0.39 is 0 Å². The highest BCUT2D eigenvalue weighted by atomic mass is 19.1. The van der Waals surface area contributed by atoms with Crippen molar-refractivity contribution in [3.8, 4) is 11.3 Å². The van der Waals surface area contributed by atoms with Gasteiger partial charge in [-0.1, -0.05) is 6.92 Å². The van der Waals surface area contributed by atoms with Crippen molar-refractivity contribution in [2.75, 3.05) is 5.73 Å². The van der Waals surface area contributed by atoms with Gasteiger partial charge in [0.1, 0.15) is 5.82 Å². The van der Waals surface area contributed by atoms with E-state index in [9.17, 15) is 4.39 Å². The standard InChI is InChI=1S/C12H14FN3/c1-2-7-16-12(5-6-15-16)10-4-3-9(13)8-11(10)14/h3-6,8H,2,7,14H2,1H3. The molecule has 1 aromatic carbocycles. The van der Waals surface area contributed by atoms with Crippen molar-refractivity contribution in [3.63, 3.8) is 0 Å². The molecule has 0 bridgehead atoms. The van der Waals surface area contributed by atoms with Gasteiger partial charge in [0.25, 0.3) is 0 Å². The highest BCUT2D eigenvalue weighted by Crippen LogP contribution is 2.26. The number of anilines is 1. The molecule has 0 unspecified atom stereocenters. The van der Waals surface area contributed by atoms with E-state index >= 15 is 0 Å². The van der Waals surface area contributed by atoms with Crippen LogP contribution >= 0.6 is 0 Å². The molecular weight excluding hydrogens is 205 g/mol. The summed E-state index contributed by atoms with van der Waals surface area (Å²) in [6, 6.07) is 6.32. The second-order valence-electron chi connectivity index (χ2n) is 3.67. The van der Waals surface area contributed by atoms with E-state index in [0.717, 1.165) is 24.2 Å². The summed E-state index contributed by atoms with van der Waals surface area (Å²) in [5.74, 6) is -0.317. The second-order valence-corrected chi connectivity index (χ2v) is 3.67. The molecule has 4 heteroatoms. The molecule has 0 aliphatic carbocycles.